The summed E-state index contributed by atoms with van der Waals surface area (Å²) in [5, 5.41) is 1.71. The van der Waals surface area contributed by atoms with E-state index < -0.39 is 0 Å². The summed E-state index contributed by atoms with van der Waals surface area (Å²) in [7, 11) is 0. The van der Waals surface area contributed by atoms with E-state index in [1.54, 1.807) is 0 Å². The van der Waals surface area contributed by atoms with E-state index >= 15 is 0 Å². The summed E-state index contributed by atoms with van der Waals surface area (Å²) in [6, 6.07) is 6.14. The van der Waals surface area contributed by atoms with E-state index in [1.807, 2.05) is 26.0 Å². The second-order valence-electron chi connectivity index (χ2n) is 3.34. The van der Waals surface area contributed by atoms with Crippen LogP contribution in [0, 0.1) is 13.8 Å². The number of benzene rings is 1. The molecule has 0 unspecified atom stereocenters. The maximum Gasteiger partial charge on any atom is 0.132 e. The third-order valence-corrected chi connectivity index (χ3v) is 3.55. The standard InChI is InChI=1S/C11H9BrClN/c1-6-5-8-3-4-9(12)7(2)10(8)14-11(6)13/h3-5H,1-2H3. The molecule has 0 bridgehead atoms. The van der Waals surface area contributed by atoms with Crippen LogP contribution in [0.25, 0.3) is 10.9 Å². The summed E-state index contributed by atoms with van der Waals surface area (Å²) in [6.07, 6.45) is 0. The molecule has 1 aromatic carbocycles. The molecule has 1 nitrogen and oxygen atoms in total. The Bertz CT molecular complexity index is 508. The van der Waals surface area contributed by atoms with Crippen molar-refractivity contribution in [1.82, 2.24) is 4.98 Å². The predicted octanol–water partition coefficient (Wildman–Crippen LogP) is 4.27. The van der Waals surface area contributed by atoms with Crippen molar-refractivity contribution < 1.29 is 0 Å². The highest BCUT2D eigenvalue weighted by atomic mass is 79.9. The van der Waals surface area contributed by atoms with E-state index in [-0.39, 0.29) is 0 Å². The van der Waals surface area contributed by atoms with E-state index in [1.165, 1.54) is 0 Å². The van der Waals surface area contributed by atoms with Crippen LogP contribution in [-0.4, -0.2) is 4.98 Å². The Balaban J connectivity index is 2.89. The van der Waals surface area contributed by atoms with Crippen LogP contribution in [0.2, 0.25) is 5.15 Å². The maximum atomic E-state index is 5.99. The average molecular weight is 271 g/mol. The lowest BCUT2D eigenvalue weighted by Gasteiger charge is -2.05. The van der Waals surface area contributed by atoms with Gasteiger partial charge in [-0.25, -0.2) is 4.98 Å². The number of aryl methyl sites for hydroxylation is 2. The van der Waals surface area contributed by atoms with Gasteiger partial charge >= 0.3 is 0 Å². The third kappa shape index (κ3) is 1.53. The molecule has 1 aromatic heterocycles. The van der Waals surface area contributed by atoms with Crippen LogP contribution in [0.15, 0.2) is 22.7 Å². The third-order valence-electron chi connectivity index (χ3n) is 2.30. The first-order valence-corrected chi connectivity index (χ1v) is 5.48. The molecule has 2 aromatic rings. The second kappa shape index (κ2) is 3.52. The zero-order chi connectivity index (χ0) is 10.3. The lowest BCUT2D eigenvalue weighted by molar-refractivity contribution is 1.30. The fraction of sp³-hybridized carbons (Fsp3) is 0.182. The summed E-state index contributed by atoms with van der Waals surface area (Å²) >= 11 is 9.46. The summed E-state index contributed by atoms with van der Waals surface area (Å²) in [4.78, 5) is 4.37. The van der Waals surface area contributed by atoms with Crippen LogP contribution in [0.5, 0.6) is 0 Å². The molecule has 0 atom stereocenters. The molecule has 72 valence electrons. The van der Waals surface area contributed by atoms with Gasteiger partial charge in [-0.3, -0.25) is 0 Å². The van der Waals surface area contributed by atoms with Crippen molar-refractivity contribution in [2.24, 2.45) is 0 Å². The van der Waals surface area contributed by atoms with Gasteiger partial charge in [-0.15, -0.1) is 0 Å². The number of rotatable bonds is 0. The lowest BCUT2D eigenvalue weighted by Crippen LogP contribution is -1.88. The Kier molecular flexibility index (Phi) is 2.50. The molecular weight excluding hydrogens is 261 g/mol. The minimum atomic E-state index is 0.582. The summed E-state index contributed by atoms with van der Waals surface area (Å²) in [5.41, 5.74) is 3.11. The molecule has 0 saturated heterocycles. The van der Waals surface area contributed by atoms with Crippen molar-refractivity contribution in [3.63, 3.8) is 0 Å². The van der Waals surface area contributed by atoms with Gasteiger partial charge in [0, 0.05) is 9.86 Å². The molecule has 0 aliphatic rings. The van der Waals surface area contributed by atoms with Gasteiger partial charge in [0.2, 0.25) is 0 Å². The largest absolute Gasteiger partial charge is 0.236 e. The molecule has 1 heterocycles. The molecule has 0 aliphatic heterocycles. The number of fused-ring (bicyclic) bond motifs is 1. The minimum Gasteiger partial charge on any atom is -0.236 e. The zero-order valence-corrected chi connectivity index (χ0v) is 10.3. The SMILES string of the molecule is Cc1cc2ccc(Br)c(C)c2nc1Cl. The Morgan fingerprint density at radius 1 is 1.29 bits per heavy atom. The van der Waals surface area contributed by atoms with E-state index in [0.29, 0.717) is 5.15 Å². The van der Waals surface area contributed by atoms with Gasteiger partial charge in [0.05, 0.1) is 5.52 Å². The molecule has 0 amide bonds. The zero-order valence-electron chi connectivity index (χ0n) is 7.94. The summed E-state index contributed by atoms with van der Waals surface area (Å²) in [6.45, 7) is 4.00. The Morgan fingerprint density at radius 2 is 2.00 bits per heavy atom. The van der Waals surface area contributed by atoms with Crippen LogP contribution in [0.3, 0.4) is 0 Å². The monoisotopic (exact) mass is 269 g/mol. The van der Waals surface area contributed by atoms with Gasteiger partial charge in [-0.05, 0) is 37.1 Å². The highest BCUT2D eigenvalue weighted by molar-refractivity contribution is 9.10. The van der Waals surface area contributed by atoms with E-state index in [4.69, 9.17) is 11.6 Å². The smallest absolute Gasteiger partial charge is 0.132 e. The minimum absolute atomic E-state index is 0.582. The van der Waals surface area contributed by atoms with Crippen LogP contribution in [0.4, 0.5) is 0 Å². The van der Waals surface area contributed by atoms with Crippen LogP contribution in [0.1, 0.15) is 11.1 Å². The molecule has 0 N–H and O–H groups in total. The van der Waals surface area contributed by atoms with Crippen LogP contribution in [-0.2, 0) is 0 Å². The first-order chi connectivity index (χ1) is 6.59. The van der Waals surface area contributed by atoms with Gasteiger partial charge in [-0.2, -0.15) is 0 Å². The maximum absolute atomic E-state index is 5.99. The van der Waals surface area contributed by atoms with Gasteiger partial charge in [-0.1, -0.05) is 33.6 Å². The van der Waals surface area contributed by atoms with Crippen molar-refractivity contribution in [1.29, 1.82) is 0 Å². The van der Waals surface area contributed by atoms with Crippen LogP contribution >= 0.6 is 27.5 Å². The highest BCUT2D eigenvalue weighted by Gasteiger charge is 2.05. The normalized spacial score (nSPS) is 10.9. The molecule has 0 spiro atoms. The number of halogens is 2. The quantitative estimate of drug-likeness (QED) is 0.652. The van der Waals surface area contributed by atoms with E-state index in [0.717, 1.165) is 26.5 Å². The number of pyridine rings is 1. The van der Waals surface area contributed by atoms with Crippen molar-refractivity contribution in [2.45, 2.75) is 13.8 Å². The van der Waals surface area contributed by atoms with Crippen molar-refractivity contribution in [2.75, 3.05) is 0 Å². The van der Waals surface area contributed by atoms with Crippen molar-refractivity contribution >= 4 is 38.4 Å². The highest BCUT2D eigenvalue weighted by Crippen LogP contribution is 2.27. The van der Waals surface area contributed by atoms with Crippen molar-refractivity contribution in [3.8, 4) is 0 Å². The number of nitrogens with zero attached hydrogens (tertiary/aromatic N) is 1. The molecular formula is C11H9BrClN. The van der Waals surface area contributed by atoms with Crippen molar-refractivity contribution in [3.05, 3.63) is 39.0 Å². The lowest BCUT2D eigenvalue weighted by atomic mass is 10.1. The molecule has 0 fully saturated rings. The first kappa shape index (κ1) is 9.94. The fourth-order valence-electron chi connectivity index (χ4n) is 1.44. The molecule has 2 rings (SSSR count). The molecule has 14 heavy (non-hydrogen) atoms. The predicted molar refractivity (Wildman–Crippen MR) is 63.9 cm³/mol. The summed E-state index contributed by atoms with van der Waals surface area (Å²) < 4.78 is 1.07. The number of hydrogen-bond acceptors (Lipinski definition) is 1. The van der Waals surface area contributed by atoms with Gasteiger partial charge < -0.3 is 0 Å². The topological polar surface area (TPSA) is 12.9 Å². The fourth-order valence-corrected chi connectivity index (χ4v) is 1.90. The van der Waals surface area contributed by atoms with Gasteiger partial charge in [0.25, 0.3) is 0 Å². The van der Waals surface area contributed by atoms with Gasteiger partial charge in [0.1, 0.15) is 5.15 Å². The molecule has 3 heteroatoms. The number of aromatic nitrogens is 1. The Hall–Kier alpha value is -0.600. The average Bonchev–Trinajstić information content (AvgIpc) is 2.15. The molecule has 0 saturated carbocycles. The number of hydrogen-bond donors (Lipinski definition) is 0. The Labute approximate surface area is 96.2 Å². The van der Waals surface area contributed by atoms with Gasteiger partial charge in [0.15, 0.2) is 0 Å². The van der Waals surface area contributed by atoms with Crippen LogP contribution < -0.4 is 0 Å². The first-order valence-electron chi connectivity index (χ1n) is 4.31. The van der Waals surface area contributed by atoms with E-state index in [9.17, 15) is 0 Å². The molecule has 0 aliphatic carbocycles. The second-order valence-corrected chi connectivity index (χ2v) is 4.55. The summed E-state index contributed by atoms with van der Waals surface area (Å²) in [5.74, 6) is 0. The molecule has 0 radical (unpaired) electrons. The Morgan fingerprint density at radius 3 is 2.71 bits per heavy atom. The van der Waals surface area contributed by atoms with E-state index in [2.05, 4.69) is 27.0 Å².